The molecule has 4 aromatic heterocycles. The van der Waals surface area contributed by atoms with Crippen LogP contribution in [0.3, 0.4) is 0 Å². The first-order valence-electron chi connectivity index (χ1n) is 29.1. The van der Waals surface area contributed by atoms with Crippen LogP contribution in [0.2, 0.25) is 0 Å². The zero-order valence-corrected chi connectivity index (χ0v) is 49.0. The van der Waals surface area contributed by atoms with Crippen LogP contribution in [0.5, 0.6) is 5.75 Å². The van der Waals surface area contributed by atoms with E-state index in [2.05, 4.69) is 18.3 Å². The summed E-state index contributed by atoms with van der Waals surface area (Å²) in [5.74, 6) is -4.39. The van der Waals surface area contributed by atoms with E-state index in [0.29, 0.717) is 54.3 Å². The Morgan fingerprint density at radius 2 is 1.17 bits per heavy atom. The molecule has 4 aliphatic heterocycles. The number of aromatic nitrogens is 4. The third-order valence-electron chi connectivity index (χ3n) is 16.3. The quantitative estimate of drug-likeness (QED) is 0.0373. The summed E-state index contributed by atoms with van der Waals surface area (Å²) in [5, 5.41) is 14.4. The van der Waals surface area contributed by atoms with Gasteiger partial charge in [-0.15, -0.1) is 0 Å². The maximum atomic E-state index is 14.1. The highest BCUT2D eigenvalue weighted by Crippen LogP contribution is 2.45. The van der Waals surface area contributed by atoms with Crippen molar-refractivity contribution in [2.45, 2.75) is 124 Å². The van der Waals surface area contributed by atoms with Crippen molar-refractivity contribution in [3.63, 3.8) is 0 Å². The molecule has 0 aliphatic carbocycles. The van der Waals surface area contributed by atoms with Crippen molar-refractivity contribution in [3.05, 3.63) is 119 Å². The molecule has 0 saturated heterocycles. The van der Waals surface area contributed by atoms with Crippen molar-refractivity contribution in [3.8, 4) is 28.5 Å². The third kappa shape index (κ3) is 11.6. The van der Waals surface area contributed by atoms with Gasteiger partial charge < -0.3 is 62.2 Å². The van der Waals surface area contributed by atoms with Crippen LogP contribution in [0.25, 0.3) is 44.6 Å². The molecule has 8 heterocycles. The first kappa shape index (κ1) is 60.9. The normalized spacial score (nSPS) is 17.4. The predicted octanol–water partition coefficient (Wildman–Crippen LogP) is 5.35. The topological polar surface area (TPSA) is 288 Å². The number of ketones is 1. The van der Waals surface area contributed by atoms with Gasteiger partial charge in [0.25, 0.3) is 11.1 Å². The summed E-state index contributed by atoms with van der Waals surface area (Å²) in [4.78, 5) is 118. The van der Waals surface area contributed by atoms with Crippen LogP contribution in [0.1, 0.15) is 110 Å². The highest BCUT2D eigenvalue weighted by molar-refractivity contribution is 5.93. The molecule has 0 saturated carbocycles. The highest BCUT2D eigenvalue weighted by Gasteiger charge is 2.52. The number of amides is 1. The Hall–Kier alpha value is -8.22. The molecule has 0 spiro atoms. The summed E-state index contributed by atoms with van der Waals surface area (Å²) in [6.07, 6.45) is 0.0990. The van der Waals surface area contributed by atoms with Gasteiger partial charge >= 0.3 is 23.9 Å². The van der Waals surface area contributed by atoms with E-state index in [1.54, 1.807) is 47.2 Å². The Bertz CT molecular complexity index is 3830. The van der Waals surface area contributed by atoms with E-state index in [9.17, 15) is 43.5 Å². The smallest absolute Gasteiger partial charge is 0.355 e. The summed E-state index contributed by atoms with van der Waals surface area (Å²) < 4.78 is 54.0. The van der Waals surface area contributed by atoms with E-state index in [1.165, 1.54) is 6.07 Å². The van der Waals surface area contributed by atoms with Crippen molar-refractivity contribution < 1.29 is 76.5 Å². The maximum Gasteiger partial charge on any atom is 0.355 e. The van der Waals surface area contributed by atoms with Crippen LogP contribution in [0, 0.1) is 6.92 Å². The number of phenolic OH excluding ortho intramolecular Hbond substituents is 1. The number of rotatable bonds is 27. The first-order valence-corrected chi connectivity index (χ1v) is 29.1. The average molecular weight is 1180 g/mol. The number of aromatic hydroxyl groups is 1. The largest absolute Gasteiger partial charge is 0.508 e. The Labute approximate surface area is 494 Å². The van der Waals surface area contributed by atoms with E-state index in [1.807, 2.05) is 32.9 Å². The Morgan fingerprint density at radius 3 is 1.76 bits per heavy atom. The zero-order chi connectivity index (χ0) is 61.0. The van der Waals surface area contributed by atoms with Gasteiger partial charge in [-0.05, 0) is 93.1 Å². The van der Waals surface area contributed by atoms with Gasteiger partial charge in [0.1, 0.15) is 44.8 Å². The highest BCUT2D eigenvalue weighted by atomic mass is 16.6. The summed E-state index contributed by atoms with van der Waals surface area (Å²) in [6, 6.07) is 14.3. The molecule has 6 aromatic rings. The SMILES string of the molecule is CCOCC(COCCOCC(=O)NCC(=O)O[C@]1(CC)C(=O)OCc2c1cc1n(c2=O)Cc2c-1nc1ccc(O)cc1c2CC)OCCOCC(=O)CCC(=O)O[C@]1(CC)C(=O)OCc2c1cc1n(c2=O)Cc2c-1nc1ccc(C)cc1c2CC. The van der Waals surface area contributed by atoms with Gasteiger partial charge in [0.15, 0.2) is 5.78 Å². The van der Waals surface area contributed by atoms with Gasteiger partial charge in [-0.1, -0.05) is 39.3 Å². The van der Waals surface area contributed by atoms with Gasteiger partial charge in [-0.25, -0.2) is 19.6 Å². The molecule has 454 valence electrons. The van der Waals surface area contributed by atoms with Crippen molar-refractivity contribution >= 4 is 57.4 Å². The molecule has 0 radical (unpaired) electrons. The number of cyclic esters (lactones) is 2. The lowest BCUT2D eigenvalue weighted by atomic mass is 9.85. The molecule has 1 unspecified atom stereocenters. The monoisotopic (exact) mass is 1180 g/mol. The summed E-state index contributed by atoms with van der Waals surface area (Å²) in [6.45, 7) is 10.6. The number of hydrogen-bond donors (Lipinski definition) is 2. The molecule has 23 nitrogen and oxygen atoms in total. The minimum Gasteiger partial charge on any atom is -0.508 e. The fourth-order valence-corrected chi connectivity index (χ4v) is 11.9. The molecular weight excluding hydrogens is 1110 g/mol. The van der Waals surface area contributed by atoms with Crippen molar-refractivity contribution in [1.82, 2.24) is 24.4 Å². The maximum absolute atomic E-state index is 14.1. The van der Waals surface area contributed by atoms with Crippen molar-refractivity contribution in [1.29, 1.82) is 0 Å². The molecule has 3 atom stereocenters. The second-order valence-corrected chi connectivity index (χ2v) is 21.5. The van der Waals surface area contributed by atoms with Crippen LogP contribution in [-0.4, -0.2) is 132 Å². The van der Waals surface area contributed by atoms with Crippen LogP contribution < -0.4 is 16.4 Å². The fraction of sp³-hybridized carbons (Fsp3) is 0.460. The number of benzene rings is 2. The molecule has 0 bridgehead atoms. The van der Waals surface area contributed by atoms with Gasteiger partial charge in [0, 0.05) is 46.1 Å². The van der Waals surface area contributed by atoms with Gasteiger partial charge in [0.2, 0.25) is 17.1 Å². The van der Waals surface area contributed by atoms with Gasteiger partial charge in [0.05, 0.1) is 104 Å². The molecule has 0 fully saturated rings. The molecule has 2 aromatic carbocycles. The minimum atomic E-state index is -1.98. The van der Waals surface area contributed by atoms with Crippen molar-refractivity contribution in [2.24, 2.45) is 0 Å². The molecule has 1 amide bonds. The molecule has 4 aliphatic rings. The fourth-order valence-electron chi connectivity index (χ4n) is 11.9. The number of hydrogen-bond acceptors (Lipinski definition) is 20. The lowest BCUT2D eigenvalue weighted by Crippen LogP contribution is -2.48. The zero-order valence-electron chi connectivity index (χ0n) is 49.0. The number of nitrogens with zero attached hydrogens (tertiary/aromatic N) is 4. The van der Waals surface area contributed by atoms with Gasteiger partial charge in [-0.2, -0.15) is 0 Å². The lowest BCUT2D eigenvalue weighted by Gasteiger charge is -2.35. The molecule has 10 rings (SSSR count). The number of aryl methyl sites for hydroxylation is 3. The summed E-state index contributed by atoms with van der Waals surface area (Å²) >= 11 is 0. The summed E-state index contributed by atoms with van der Waals surface area (Å²) in [5.41, 5.74) is 4.56. The average Bonchev–Trinajstić information content (AvgIpc) is 3.68. The van der Waals surface area contributed by atoms with E-state index in [-0.39, 0.29) is 125 Å². The number of fused-ring (bicyclic) bond motifs is 10. The van der Waals surface area contributed by atoms with Crippen molar-refractivity contribution in [2.75, 3.05) is 66.0 Å². The number of phenols is 1. The van der Waals surface area contributed by atoms with Crippen LogP contribution in [0.4, 0.5) is 0 Å². The van der Waals surface area contributed by atoms with Crippen LogP contribution in [0.15, 0.2) is 58.1 Å². The number of nitrogens with one attached hydrogen (secondary N) is 1. The van der Waals surface area contributed by atoms with E-state index in [4.69, 9.17) is 52.6 Å². The number of carbonyl (C=O) groups excluding carboxylic acids is 6. The standard InChI is InChI=1S/C63H69N5O18/c1-7-39-41-22-35(6)12-15-49(41)65-56-43(39)27-67-51(56)24-47-45(58(67)74)32-83-60(76)62(47,9-3)85-54(72)17-14-37(70)29-79-20-21-82-38(30-78-11-5)31-80-18-19-81-34-53(71)64-26-55(73)86-63(10-4)48-25-52-57-44(28-68(52)59(75)46(48)33-84-61(63)77)40(8-2)42-23-36(69)13-16-50(42)66-57/h12-13,15-16,22-25,38,69H,7-11,14,17-21,26-34H2,1-6H3,(H,64,71)/t38?,62-,63-/m0/s1. The molecule has 86 heavy (non-hydrogen) atoms. The van der Waals surface area contributed by atoms with Crippen LogP contribution in [-0.2, 0) is 122 Å². The van der Waals surface area contributed by atoms with E-state index in [0.717, 1.165) is 44.1 Å². The molecule has 2 N–H and O–H groups in total. The lowest BCUT2D eigenvalue weighted by molar-refractivity contribution is -0.189. The number of esters is 4. The second-order valence-electron chi connectivity index (χ2n) is 21.5. The number of pyridine rings is 4. The number of Topliss-reactive ketones (excluding diaryl/α,β-unsaturated/α-hetero) is 1. The summed E-state index contributed by atoms with van der Waals surface area (Å²) in [7, 11) is 0. The van der Waals surface area contributed by atoms with E-state index >= 15 is 0 Å². The minimum absolute atomic E-state index is 0.00159. The second kappa shape index (κ2) is 25.8. The number of ether oxygens (including phenoxy) is 9. The molecule has 23 heteroatoms. The Kier molecular flexibility index (Phi) is 18.3. The predicted molar refractivity (Wildman–Crippen MR) is 308 cm³/mol. The Morgan fingerprint density at radius 1 is 0.640 bits per heavy atom. The first-order chi connectivity index (χ1) is 41.5. The molecular formula is C63H69N5O18. The number of carbonyl (C=O) groups is 6. The Balaban J connectivity index is 0.645. The third-order valence-corrected chi connectivity index (χ3v) is 16.3. The van der Waals surface area contributed by atoms with E-state index < -0.39 is 71.6 Å². The van der Waals surface area contributed by atoms with Gasteiger partial charge in [-0.3, -0.25) is 28.8 Å². The van der Waals surface area contributed by atoms with Crippen LogP contribution >= 0.6 is 0 Å².